The van der Waals surface area contributed by atoms with Gasteiger partial charge in [-0.2, -0.15) is 5.26 Å². The first-order chi connectivity index (χ1) is 20.3. The van der Waals surface area contributed by atoms with E-state index < -0.39 is 23.5 Å². The Bertz CT molecular complexity index is 1560. The lowest BCUT2D eigenvalue weighted by Gasteiger charge is -2.26. The summed E-state index contributed by atoms with van der Waals surface area (Å²) < 4.78 is 5.39. The molecule has 1 saturated carbocycles. The highest BCUT2D eigenvalue weighted by Crippen LogP contribution is 2.29. The number of hydrogen-bond acceptors (Lipinski definition) is 7. The summed E-state index contributed by atoms with van der Waals surface area (Å²) >= 11 is 0. The third-order valence-electron chi connectivity index (χ3n) is 7.47. The number of aromatic nitrogens is 2. The Morgan fingerprint density at radius 1 is 1.12 bits per heavy atom. The standard InChI is InChI=1S/C32H38N6O5/c1-19(39)38(5)24-8-6-7-21(15-24)16-27(37-29(40)22-11-9-20(18-33)10-12-22)30(41)34-23-13-14-25-26(17-23)36-28(35-25)31(42)43-32(2,3)4/h6-8,13-15,17,20,22,27H,9-12,16H2,1-5H3,(H,34,41)(H,35,36)(H,37,40)/t20?,22?,27-/m0/s1. The number of H-pyrrole nitrogens is 1. The number of benzene rings is 2. The predicted octanol–water partition coefficient (Wildman–Crippen LogP) is 4.50. The van der Waals surface area contributed by atoms with Crippen LogP contribution in [-0.2, 0) is 25.5 Å². The molecule has 3 aromatic rings. The number of ether oxygens (including phenoxy) is 1. The molecule has 1 atom stereocenters. The number of nitrogens with one attached hydrogen (secondary N) is 3. The third kappa shape index (κ3) is 8.19. The van der Waals surface area contributed by atoms with Crippen molar-refractivity contribution >= 4 is 46.1 Å². The molecule has 3 N–H and O–H groups in total. The van der Waals surface area contributed by atoms with Crippen molar-refractivity contribution < 1.29 is 23.9 Å². The molecule has 1 aromatic heterocycles. The Labute approximate surface area is 251 Å². The average molecular weight is 587 g/mol. The van der Waals surface area contributed by atoms with Crippen LogP contribution in [0, 0.1) is 23.2 Å². The first kappa shape index (κ1) is 31.2. The van der Waals surface area contributed by atoms with E-state index in [1.165, 1.54) is 11.8 Å². The second-order valence-corrected chi connectivity index (χ2v) is 12.0. The van der Waals surface area contributed by atoms with Gasteiger partial charge in [-0.1, -0.05) is 12.1 Å². The summed E-state index contributed by atoms with van der Waals surface area (Å²) in [5.74, 6) is -1.63. The number of fused-ring (bicyclic) bond motifs is 1. The molecule has 0 radical (unpaired) electrons. The number of esters is 1. The molecule has 226 valence electrons. The zero-order chi connectivity index (χ0) is 31.3. The Kier molecular flexibility index (Phi) is 9.49. The molecular formula is C32H38N6O5. The molecule has 0 spiro atoms. The normalized spacial score (nSPS) is 17.4. The van der Waals surface area contributed by atoms with Gasteiger partial charge in [-0.3, -0.25) is 14.4 Å². The summed E-state index contributed by atoms with van der Waals surface area (Å²) in [5, 5.41) is 15.0. The highest BCUT2D eigenvalue weighted by atomic mass is 16.6. The van der Waals surface area contributed by atoms with E-state index in [0.29, 0.717) is 48.1 Å². The van der Waals surface area contributed by atoms with Crippen LogP contribution in [0.25, 0.3) is 11.0 Å². The van der Waals surface area contributed by atoms with E-state index in [1.807, 2.05) is 12.1 Å². The molecule has 11 heteroatoms. The maximum atomic E-state index is 13.6. The van der Waals surface area contributed by atoms with Gasteiger partial charge >= 0.3 is 5.97 Å². The van der Waals surface area contributed by atoms with Crippen molar-refractivity contribution in [3.8, 4) is 6.07 Å². The van der Waals surface area contributed by atoms with Gasteiger partial charge in [-0.05, 0) is 82.3 Å². The molecule has 2 aromatic carbocycles. The van der Waals surface area contributed by atoms with Crippen molar-refractivity contribution in [1.82, 2.24) is 15.3 Å². The Balaban J connectivity index is 1.54. The first-order valence-corrected chi connectivity index (χ1v) is 14.4. The highest BCUT2D eigenvalue weighted by Gasteiger charge is 2.30. The number of nitriles is 1. The van der Waals surface area contributed by atoms with Crippen LogP contribution in [0.2, 0.25) is 0 Å². The fraction of sp³-hybridized carbons (Fsp3) is 0.438. The van der Waals surface area contributed by atoms with Crippen LogP contribution >= 0.6 is 0 Å². The van der Waals surface area contributed by atoms with Crippen molar-refractivity contribution in [2.45, 2.75) is 71.4 Å². The minimum atomic E-state index is -0.911. The number of aromatic amines is 1. The first-order valence-electron chi connectivity index (χ1n) is 14.4. The van der Waals surface area contributed by atoms with Crippen LogP contribution in [-0.4, -0.2) is 52.3 Å². The Morgan fingerprint density at radius 2 is 1.84 bits per heavy atom. The van der Waals surface area contributed by atoms with Gasteiger partial charge in [0.2, 0.25) is 23.5 Å². The molecule has 1 aliphatic rings. The number of amides is 3. The largest absolute Gasteiger partial charge is 0.454 e. The summed E-state index contributed by atoms with van der Waals surface area (Å²) in [6, 6.07) is 13.7. The molecule has 1 aliphatic carbocycles. The third-order valence-corrected chi connectivity index (χ3v) is 7.47. The minimum Gasteiger partial charge on any atom is -0.454 e. The van der Waals surface area contributed by atoms with Crippen molar-refractivity contribution in [3.63, 3.8) is 0 Å². The lowest BCUT2D eigenvalue weighted by Crippen LogP contribution is -2.47. The van der Waals surface area contributed by atoms with E-state index in [4.69, 9.17) is 4.74 Å². The molecule has 11 nitrogen and oxygen atoms in total. The van der Waals surface area contributed by atoms with Gasteiger partial charge in [0.1, 0.15) is 11.6 Å². The molecule has 0 bridgehead atoms. The molecule has 43 heavy (non-hydrogen) atoms. The predicted molar refractivity (Wildman–Crippen MR) is 162 cm³/mol. The fourth-order valence-corrected chi connectivity index (χ4v) is 5.03. The zero-order valence-corrected chi connectivity index (χ0v) is 25.2. The second-order valence-electron chi connectivity index (χ2n) is 12.0. The number of hydrogen-bond donors (Lipinski definition) is 3. The number of imidazole rings is 1. The van der Waals surface area contributed by atoms with E-state index in [2.05, 4.69) is 26.7 Å². The monoisotopic (exact) mass is 586 g/mol. The summed E-state index contributed by atoms with van der Waals surface area (Å²) in [5.41, 5.74) is 2.28. The lowest BCUT2D eigenvalue weighted by atomic mass is 9.82. The van der Waals surface area contributed by atoms with Gasteiger partial charge in [-0.15, -0.1) is 0 Å². The van der Waals surface area contributed by atoms with Crippen LogP contribution in [0.3, 0.4) is 0 Å². The Hall–Kier alpha value is -4.72. The second kappa shape index (κ2) is 13.1. The van der Waals surface area contributed by atoms with Gasteiger partial charge in [0.05, 0.1) is 17.1 Å². The highest BCUT2D eigenvalue weighted by molar-refractivity contribution is 5.99. The van der Waals surface area contributed by atoms with Gasteiger partial charge in [0.15, 0.2) is 0 Å². The van der Waals surface area contributed by atoms with E-state index in [9.17, 15) is 24.4 Å². The average Bonchev–Trinajstić information content (AvgIpc) is 3.39. The van der Waals surface area contributed by atoms with Gasteiger partial charge in [-0.25, -0.2) is 9.78 Å². The Morgan fingerprint density at radius 3 is 2.49 bits per heavy atom. The molecule has 1 fully saturated rings. The minimum absolute atomic E-state index is 0.0445. The number of carbonyl (C=O) groups is 4. The summed E-state index contributed by atoms with van der Waals surface area (Å²) in [7, 11) is 1.67. The molecule has 1 heterocycles. The number of nitrogens with zero attached hydrogens (tertiary/aromatic N) is 3. The maximum absolute atomic E-state index is 13.6. The summed E-state index contributed by atoms with van der Waals surface area (Å²) in [6.45, 7) is 6.78. The van der Waals surface area contributed by atoms with Crippen LogP contribution < -0.4 is 15.5 Å². The molecule has 0 saturated heterocycles. The van der Waals surface area contributed by atoms with Crippen molar-refractivity contribution in [3.05, 3.63) is 53.9 Å². The summed E-state index contributed by atoms with van der Waals surface area (Å²) in [4.78, 5) is 60.1. The van der Waals surface area contributed by atoms with Gasteiger partial charge in [0.25, 0.3) is 0 Å². The number of anilines is 2. The maximum Gasteiger partial charge on any atom is 0.374 e. The van der Waals surface area contributed by atoms with E-state index in [0.717, 1.165) is 5.56 Å². The van der Waals surface area contributed by atoms with E-state index >= 15 is 0 Å². The van der Waals surface area contributed by atoms with E-state index in [-0.39, 0.29) is 35.9 Å². The van der Waals surface area contributed by atoms with Crippen LogP contribution in [0.15, 0.2) is 42.5 Å². The van der Waals surface area contributed by atoms with Crippen molar-refractivity contribution in [1.29, 1.82) is 5.26 Å². The lowest BCUT2D eigenvalue weighted by molar-refractivity contribution is -0.130. The smallest absolute Gasteiger partial charge is 0.374 e. The SMILES string of the molecule is CC(=O)N(C)c1cccc(C[C@H](NC(=O)C2CCC(C#N)CC2)C(=O)Nc2ccc3[nH]c(C(=O)OC(C)(C)C)nc3c2)c1. The molecule has 3 amide bonds. The van der Waals surface area contributed by atoms with Crippen LogP contribution in [0.1, 0.15) is 69.6 Å². The molecule has 0 aliphatic heterocycles. The van der Waals surface area contributed by atoms with E-state index in [1.54, 1.807) is 58.2 Å². The van der Waals surface area contributed by atoms with Crippen LogP contribution in [0.5, 0.6) is 0 Å². The molecule has 0 unspecified atom stereocenters. The number of carbonyl (C=O) groups excluding carboxylic acids is 4. The van der Waals surface area contributed by atoms with Crippen molar-refractivity contribution in [2.75, 3.05) is 17.3 Å². The number of rotatable bonds is 8. The topological polar surface area (TPSA) is 157 Å². The zero-order valence-electron chi connectivity index (χ0n) is 25.2. The molecule has 4 rings (SSSR count). The fourth-order valence-electron chi connectivity index (χ4n) is 5.03. The van der Waals surface area contributed by atoms with Gasteiger partial charge in [0, 0.05) is 43.6 Å². The van der Waals surface area contributed by atoms with Crippen LogP contribution in [0.4, 0.5) is 11.4 Å². The molecular weight excluding hydrogens is 548 g/mol. The quantitative estimate of drug-likeness (QED) is 0.328. The summed E-state index contributed by atoms with van der Waals surface area (Å²) in [6.07, 6.45) is 2.68. The van der Waals surface area contributed by atoms with Gasteiger partial charge < -0.3 is 25.3 Å². The van der Waals surface area contributed by atoms with Crippen molar-refractivity contribution in [2.24, 2.45) is 11.8 Å².